The quantitative estimate of drug-likeness (QED) is 0.751. The highest BCUT2D eigenvalue weighted by Gasteiger charge is 2.13. The Morgan fingerprint density at radius 3 is 2.29 bits per heavy atom. The molecule has 1 N–H and O–H groups in total. The SMILES string of the molecule is COC[C@H](C)NC1CCCCCCC1. The molecule has 2 heteroatoms. The van der Waals surface area contributed by atoms with Gasteiger partial charge in [-0.2, -0.15) is 0 Å². The summed E-state index contributed by atoms with van der Waals surface area (Å²) < 4.78 is 5.14. The van der Waals surface area contributed by atoms with Crippen LogP contribution in [0.4, 0.5) is 0 Å². The van der Waals surface area contributed by atoms with Gasteiger partial charge in [-0.15, -0.1) is 0 Å². The molecule has 84 valence electrons. The highest BCUT2D eigenvalue weighted by Crippen LogP contribution is 2.17. The van der Waals surface area contributed by atoms with Crippen molar-refractivity contribution >= 4 is 0 Å². The Labute approximate surface area is 88.4 Å². The van der Waals surface area contributed by atoms with Crippen molar-refractivity contribution in [3.05, 3.63) is 0 Å². The molecule has 1 atom stereocenters. The maximum atomic E-state index is 5.14. The molecule has 0 bridgehead atoms. The second-order valence-corrected chi connectivity index (χ2v) is 4.57. The summed E-state index contributed by atoms with van der Waals surface area (Å²) in [6.07, 6.45) is 9.81. The summed E-state index contributed by atoms with van der Waals surface area (Å²) in [5.74, 6) is 0. The lowest BCUT2D eigenvalue weighted by atomic mass is 9.96. The molecule has 1 rings (SSSR count). The average molecular weight is 199 g/mol. The van der Waals surface area contributed by atoms with Crippen LogP contribution < -0.4 is 5.32 Å². The first-order chi connectivity index (χ1) is 6.83. The van der Waals surface area contributed by atoms with E-state index in [-0.39, 0.29) is 0 Å². The smallest absolute Gasteiger partial charge is 0.0613 e. The summed E-state index contributed by atoms with van der Waals surface area (Å²) in [5, 5.41) is 3.66. The van der Waals surface area contributed by atoms with E-state index in [1.54, 1.807) is 7.11 Å². The van der Waals surface area contributed by atoms with Crippen molar-refractivity contribution in [3.63, 3.8) is 0 Å². The van der Waals surface area contributed by atoms with E-state index in [1.807, 2.05) is 0 Å². The highest BCUT2D eigenvalue weighted by atomic mass is 16.5. The maximum absolute atomic E-state index is 5.14. The molecule has 0 saturated heterocycles. The van der Waals surface area contributed by atoms with Crippen LogP contribution in [0, 0.1) is 0 Å². The number of nitrogens with one attached hydrogen (secondary N) is 1. The van der Waals surface area contributed by atoms with Crippen molar-refractivity contribution < 1.29 is 4.74 Å². The molecule has 0 aromatic heterocycles. The van der Waals surface area contributed by atoms with Crippen LogP contribution in [0.25, 0.3) is 0 Å². The van der Waals surface area contributed by atoms with Crippen molar-refractivity contribution in [1.29, 1.82) is 0 Å². The van der Waals surface area contributed by atoms with Crippen molar-refractivity contribution in [2.75, 3.05) is 13.7 Å². The molecule has 0 radical (unpaired) electrons. The van der Waals surface area contributed by atoms with Crippen LogP contribution in [0.1, 0.15) is 51.9 Å². The third kappa shape index (κ3) is 4.97. The molecule has 1 aliphatic rings. The molecule has 0 aromatic carbocycles. The Bertz CT molecular complexity index is 130. The van der Waals surface area contributed by atoms with Gasteiger partial charge >= 0.3 is 0 Å². The third-order valence-corrected chi connectivity index (χ3v) is 3.04. The van der Waals surface area contributed by atoms with E-state index in [4.69, 9.17) is 4.74 Å². The van der Waals surface area contributed by atoms with E-state index in [0.29, 0.717) is 6.04 Å². The summed E-state index contributed by atoms with van der Waals surface area (Å²) in [5.41, 5.74) is 0. The number of hydrogen-bond donors (Lipinski definition) is 1. The van der Waals surface area contributed by atoms with Gasteiger partial charge in [0, 0.05) is 19.2 Å². The normalized spacial score (nSPS) is 22.7. The zero-order chi connectivity index (χ0) is 10.2. The van der Waals surface area contributed by atoms with Gasteiger partial charge < -0.3 is 10.1 Å². The lowest BCUT2D eigenvalue weighted by Crippen LogP contribution is -2.39. The molecule has 0 unspecified atom stereocenters. The van der Waals surface area contributed by atoms with Crippen LogP contribution in [0.15, 0.2) is 0 Å². The Hall–Kier alpha value is -0.0800. The van der Waals surface area contributed by atoms with Crippen molar-refractivity contribution in [1.82, 2.24) is 5.32 Å². The molecular weight excluding hydrogens is 174 g/mol. The van der Waals surface area contributed by atoms with Gasteiger partial charge in [-0.1, -0.05) is 32.1 Å². The Balaban J connectivity index is 2.19. The van der Waals surface area contributed by atoms with Crippen LogP contribution in [0.2, 0.25) is 0 Å². The van der Waals surface area contributed by atoms with Crippen molar-refractivity contribution in [2.45, 2.75) is 64.0 Å². The predicted molar refractivity (Wildman–Crippen MR) is 60.6 cm³/mol. The molecule has 14 heavy (non-hydrogen) atoms. The van der Waals surface area contributed by atoms with Crippen LogP contribution >= 0.6 is 0 Å². The van der Waals surface area contributed by atoms with Gasteiger partial charge in [-0.05, 0) is 19.8 Å². The average Bonchev–Trinajstić information content (AvgIpc) is 2.10. The summed E-state index contributed by atoms with van der Waals surface area (Å²) in [6, 6.07) is 1.24. The van der Waals surface area contributed by atoms with Crippen LogP contribution in [0.3, 0.4) is 0 Å². The fourth-order valence-corrected chi connectivity index (χ4v) is 2.32. The minimum absolute atomic E-state index is 0.504. The minimum atomic E-state index is 0.504. The largest absolute Gasteiger partial charge is 0.383 e. The summed E-state index contributed by atoms with van der Waals surface area (Å²) in [6.45, 7) is 3.04. The molecule has 1 saturated carbocycles. The zero-order valence-electron chi connectivity index (χ0n) is 9.72. The Morgan fingerprint density at radius 1 is 1.14 bits per heavy atom. The molecule has 1 fully saturated rings. The van der Waals surface area contributed by atoms with Crippen LogP contribution in [-0.4, -0.2) is 25.8 Å². The first-order valence-electron chi connectivity index (χ1n) is 6.08. The van der Waals surface area contributed by atoms with E-state index in [2.05, 4.69) is 12.2 Å². The van der Waals surface area contributed by atoms with Gasteiger partial charge in [0.25, 0.3) is 0 Å². The molecule has 0 heterocycles. The van der Waals surface area contributed by atoms with Gasteiger partial charge in [0.05, 0.1) is 6.61 Å². The first kappa shape index (κ1) is 12.0. The van der Waals surface area contributed by atoms with Gasteiger partial charge in [0.1, 0.15) is 0 Å². The van der Waals surface area contributed by atoms with Gasteiger partial charge in [-0.25, -0.2) is 0 Å². The van der Waals surface area contributed by atoms with E-state index < -0.39 is 0 Å². The minimum Gasteiger partial charge on any atom is -0.383 e. The predicted octanol–water partition coefficient (Wildman–Crippen LogP) is 2.72. The maximum Gasteiger partial charge on any atom is 0.0613 e. The van der Waals surface area contributed by atoms with E-state index in [9.17, 15) is 0 Å². The van der Waals surface area contributed by atoms with E-state index in [1.165, 1.54) is 44.9 Å². The zero-order valence-corrected chi connectivity index (χ0v) is 9.72. The third-order valence-electron chi connectivity index (χ3n) is 3.04. The van der Waals surface area contributed by atoms with Gasteiger partial charge in [0.15, 0.2) is 0 Å². The molecule has 0 amide bonds. The fourth-order valence-electron chi connectivity index (χ4n) is 2.32. The summed E-state index contributed by atoms with van der Waals surface area (Å²) >= 11 is 0. The highest BCUT2D eigenvalue weighted by molar-refractivity contribution is 4.73. The number of methoxy groups -OCH3 is 1. The monoisotopic (exact) mass is 199 g/mol. The molecule has 0 aliphatic heterocycles. The van der Waals surface area contributed by atoms with Gasteiger partial charge in [-0.3, -0.25) is 0 Å². The molecule has 0 aromatic rings. The standard InChI is InChI=1S/C12H25NO/c1-11(10-14-2)13-12-8-6-4-3-5-7-9-12/h11-13H,3-10H2,1-2H3/t11-/m0/s1. The number of rotatable bonds is 4. The Morgan fingerprint density at radius 2 is 1.71 bits per heavy atom. The molecular formula is C12H25NO. The second-order valence-electron chi connectivity index (χ2n) is 4.57. The second kappa shape index (κ2) is 7.24. The fraction of sp³-hybridized carbons (Fsp3) is 1.00. The van der Waals surface area contributed by atoms with Gasteiger partial charge in [0.2, 0.25) is 0 Å². The summed E-state index contributed by atoms with van der Waals surface area (Å²) in [4.78, 5) is 0. The molecule has 1 aliphatic carbocycles. The van der Waals surface area contributed by atoms with E-state index in [0.717, 1.165) is 12.6 Å². The lowest BCUT2D eigenvalue weighted by molar-refractivity contribution is 0.163. The van der Waals surface area contributed by atoms with E-state index >= 15 is 0 Å². The van der Waals surface area contributed by atoms with Crippen LogP contribution in [0.5, 0.6) is 0 Å². The first-order valence-corrected chi connectivity index (χ1v) is 6.08. The van der Waals surface area contributed by atoms with Crippen LogP contribution in [-0.2, 0) is 4.74 Å². The summed E-state index contributed by atoms with van der Waals surface area (Å²) in [7, 11) is 1.77. The molecule has 0 spiro atoms. The van der Waals surface area contributed by atoms with Crippen molar-refractivity contribution in [3.8, 4) is 0 Å². The van der Waals surface area contributed by atoms with Crippen molar-refractivity contribution in [2.24, 2.45) is 0 Å². The number of hydrogen-bond acceptors (Lipinski definition) is 2. The molecule has 2 nitrogen and oxygen atoms in total. The Kier molecular flexibility index (Phi) is 6.20. The topological polar surface area (TPSA) is 21.3 Å². The lowest BCUT2D eigenvalue weighted by Gasteiger charge is -2.24. The number of ether oxygens (including phenoxy) is 1.